The summed E-state index contributed by atoms with van der Waals surface area (Å²) in [7, 11) is 1.55. The van der Waals surface area contributed by atoms with Crippen LogP contribution in [0.5, 0.6) is 5.75 Å². The van der Waals surface area contributed by atoms with Crippen molar-refractivity contribution in [2.45, 2.75) is 6.92 Å². The lowest BCUT2D eigenvalue weighted by atomic mass is 10.1. The standard InChI is InChI=1S/C15H14BrFN2O2/c1-8-12(17)5-9(6-13(8)18)15(20)19-10-3-4-14(21-2)11(16)7-10/h3-7H,18H2,1-2H3,(H,19,20). The summed E-state index contributed by atoms with van der Waals surface area (Å²) >= 11 is 3.33. The van der Waals surface area contributed by atoms with Gasteiger partial charge in [0, 0.05) is 22.5 Å². The van der Waals surface area contributed by atoms with Crippen molar-refractivity contribution < 1.29 is 13.9 Å². The largest absolute Gasteiger partial charge is 0.496 e. The maximum Gasteiger partial charge on any atom is 0.255 e. The highest BCUT2D eigenvalue weighted by molar-refractivity contribution is 9.10. The minimum absolute atomic E-state index is 0.169. The van der Waals surface area contributed by atoms with E-state index in [2.05, 4.69) is 21.2 Å². The van der Waals surface area contributed by atoms with Crippen LogP contribution in [0.1, 0.15) is 15.9 Å². The predicted molar refractivity (Wildman–Crippen MR) is 84.2 cm³/mol. The Bertz CT molecular complexity index is 681. The number of methoxy groups -OCH3 is 1. The average molecular weight is 353 g/mol. The van der Waals surface area contributed by atoms with Gasteiger partial charge in [0.15, 0.2) is 0 Å². The predicted octanol–water partition coefficient (Wildman–Crippen LogP) is 3.74. The zero-order valence-electron chi connectivity index (χ0n) is 11.5. The topological polar surface area (TPSA) is 64.3 Å². The monoisotopic (exact) mass is 352 g/mol. The van der Waals surface area contributed by atoms with Crippen LogP contribution in [0.25, 0.3) is 0 Å². The molecule has 2 aromatic rings. The molecule has 21 heavy (non-hydrogen) atoms. The summed E-state index contributed by atoms with van der Waals surface area (Å²) < 4.78 is 19.4. The molecular weight excluding hydrogens is 339 g/mol. The Labute approximate surface area is 130 Å². The number of hydrogen-bond donors (Lipinski definition) is 2. The Hall–Kier alpha value is -2.08. The summed E-state index contributed by atoms with van der Waals surface area (Å²) in [4.78, 5) is 12.1. The molecule has 6 heteroatoms. The van der Waals surface area contributed by atoms with Gasteiger partial charge in [0.05, 0.1) is 11.6 Å². The molecule has 0 aliphatic heterocycles. The third-order valence-corrected chi connectivity index (χ3v) is 3.68. The lowest BCUT2D eigenvalue weighted by Crippen LogP contribution is -2.13. The molecule has 0 saturated carbocycles. The van der Waals surface area contributed by atoms with E-state index in [4.69, 9.17) is 10.5 Å². The molecule has 0 aliphatic carbocycles. The molecule has 2 rings (SSSR count). The van der Waals surface area contributed by atoms with Crippen molar-refractivity contribution in [3.8, 4) is 5.75 Å². The summed E-state index contributed by atoms with van der Waals surface area (Å²) in [5.74, 6) is -0.285. The lowest BCUT2D eigenvalue weighted by Gasteiger charge is -2.10. The Morgan fingerprint density at radius 3 is 2.62 bits per heavy atom. The molecule has 0 radical (unpaired) electrons. The van der Waals surface area contributed by atoms with E-state index in [0.717, 1.165) is 0 Å². The van der Waals surface area contributed by atoms with E-state index >= 15 is 0 Å². The van der Waals surface area contributed by atoms with Gasteiger partial charge in [0.25, 0.3) is 5.91 Å². The average Bonchev–Trinajstić information content (AvgIpc) is 2.44. The van der Waals surface area contributed by atoms with Crippen LogP contribution in [-0.2, 0) is 0 Å². The van der Waals surface area contributed by atoms with E-state index < -0.39 is 11.7 Å². The Morgan fingerprint density at radius 1 is 1.33 bits per heavy atom. The number of nitrogen functional groups attached to an aromatic ring is 1. The Morgan fingerprint density at radius 2 is 2.05 bits per heavy atom. The number of carbonyl (C=O) groups is 1. The molecule has 0 fully saturated rings. The first-order valence-electron chi connectivity index (χ1n) is 6.13. The van der Waals surface area contributed by atoms with Gasteiger partial charge in [0.1, 0.15) is 11.6 Å². The number of ether oxygens (including phenoxy) is 1. The van der Waals surface area contributed by atoms with Crippen LogP contribution in [0, 0.1) is 12.7 Å². The fourth-order valence-electron chi connectivity index (χ4n) is 1.78. The van der Waals surface area contributed by atoms with E-state index in [1.807, 2.05) is 0 Å². The fourth-order valence-corrected chi connectivity index (χ4v) is 2.32. The molecule has 0 atom stereocenters. The molecule has 0 aromatic heterocycles. The second-order valence-corrected chi connectivity index (χ2v) is 5.33. The van der Waals surface area contributed by atoms with E-state index in [-0.39, 0.29) is 11.3 Å². The first-order valence-corrected chi connectivity index (χ1v) is 6.92. The van der Waals surface area contributed by atoms with Gasteiger partial charge in [-0.2, -0.15) is 0 Å². The van der Waals surface area contributed by atoms with Gasteiger partial charge in [-0.15, -0.1) is 0 Å². The number of nitrogens with two attached hydrogens (primary N) is 1. The van der Waals surface area contributed by atoms with Crippen LogP contribution in [0.2, 0.25) is 0 Å². The molecule has 4 nitrogen and oxygen atoms in total. The van der Waals surface area contributed by atoms with Gasteiger partial charge in [0.2, 0.25) is 0 Å². The zero-order valence-corrected chi connectivity index (χ0v) is 13.1. The summed E-state index contributed by atoms with van der Waals surface area (Å²) in [6.45, 7) is 1.56. The zero-order chi connectivity index (χ0) is 15.6. The molecule has 2 aromatic carbocycles. The lowest BCUT2D eigenvalue weighted by molar-refractivity contribution is 0.102. The van der Waals surface area contributed by atoms with Crippen LogP contribution in [0.15, 0.2) is 34.8 Å². The summed E-state index contributed by atoms with van der Waals surface area (Å²) in [5.41, 5.74) is 6.98. The number of benzene rings is 2. The first kappa shape index (κ1) is 15.3. The van der Waals surface area contributed by atoms with Gasteiger partial charge < -0.3 is 15.8 Å². The van der Waals surface area contributed by atoms with Crippen molar-refractivity contribution >= 4 is 33.2 Å². The van der Waals surface area contributed by atoms with Crippen LogP contribution < -0.4 is 15.8 Å². The summed E-state index contributed by atoms with van der Waals surface area (Å²) in [5, 5.41) is 2.68. The van der Waals surface area contributed by atoms with Gasteiger partial charge in [-0.3, -0.25) is 4.79 Å². The van der Waals surface area contributed by atoms with Gasteiger partial charge >= 0.3 is 0 Å². The van der Waals surface area contributed by atoms with Crippen molar-refractivity contribution in [1.82, 2.24) is 0 Å². The highest BCUT2D eigenvalue weighted by Gasteiger charge is 2.12. The number of hydrogen-bond acceptors (Lipinski definition) is 3. The van der Waals surface area contributed by atoms with Gasteiger partial charge in [-0.1, -0.05) is 0 Å². The minimum atomic E-state index is -0.504. The van der Waals surface area contributed by atoms with Crippen LogP contribution in [0.4, 0.5) is 15.8 Å². The molecule has 0 unspecified atom stereocenters. The first-order chi connectivity index (χ1) is 9.92. The van der Waals surface area contributed by atoms with Crippen molar-refractivity contribution in [3.63, 3.8) is 0 Å². The third kappa shape index (κ3) is 3.33. The molecule has 0 saturated heterocycles. The number of halogens is 2. The molecule has 110 valence electrons. The quantitative estimate of drug-likeness (QED) is 0.827. The number of rotatable bonds is 3. The highest BCUT2D eigenvalue weighted by Crippen LogP contribution is 2.28. The number of carbonyl (C=O) groups excluding carboxylic acids is 1. The summed E-state index contributed by atoms with van der Waals surface area (Å²) in [6.07, 6.45) is 0. The SMILES string of the molecule is COc1ccc(NC(=O)c2cc(N)c(C)c(F)c2)cc1Br. The highest BCUT2D eigenvalue weighted by atomic mass is 79.9. The fraction of sp³-hybridized carbons (Fsp3) is 0.133. The second kappa shape index (κ2) is 6.13. The van der Waals surface area contributed by atoms with Crippen molar-refractivity contribution in [2.75, 3.05) is 18.2 Å². The van der Waals surface area contributed by atoms with Crippen molar-refractivity contribution in [2.24, 2.45) is 0 Å². The Kier molecular flexibility index (Phi) is 4.47. The minimum Gasteiger partial charge on any atom is -0.496 e. The molecule has 3 N–H and O–H groups in total. The molecule has 0 spiro atoms. The third-order valence-electron chi connectivity index (χ3n) is 3.06. The van der Waals surface area contributed by atoms with Crippen molar-refractivity contribution in [3.05, 3.63) is 51.7 Å². The second-order valence-electron chi connectivity index (χ2n) is 4.48. The van der Waals surface area contributed by atoms with Crippen LogP contribution in [-0.4, -0.2) is 13.0 Å². The van der Waals surface area contributed by atoms with Crippen LogP contribution in [0.3, 0.4) is 0 Å². The number of anilines is 2. The number of nitrogens with one attached hydrogen (secondary N) is 1. The Balaban J connectivity index is 2.24. The molecule has 0 heterocycles. The maximum absolute atomic E-state index is 13.6. The van der Waals surface area contributed by atoms with Crippen LogP contribution >= 0.6 is 15.9 Å². The van der Waals surface area contributed by atoms with E-state index in [9.17, 15) is 9.18 Å². The smallest absolute Gasteiger partial charge is 0.255 e. The van der Waals surface area contributed by atoms with Gasteiger partial charge in [-0.05, 0) is 53.2 Å². The molecule has 1 amide bonds. The molecule has 0 aliphatic rings. The number of amides is 1. The van der Waals surface area contributed by atoms with E-state index in [1.165, 1.54) is 12.1 Å². The normalized spacial score (nSPS) is 10.3. The maximum atomic E-state index is 13.6. The van der Waals surface area contributed by atoms with E-state index in [1.54, 1.807) is 32.2 Å². The molecule has 0 bridgehead atoms. The van der Waals surface area contributed by atoms with E-state index in [0.29, 0.717) is 21.5 Å². The van der Waals surface area contributed by atoms with Crippen molar-refractivity contribution in [1.29, 1.82) is 0 Å². The summed E-state index contributed by atoms with van der Waals surface area (Å²) in [6, 6.07) is 7.72. The molecular formula is C15H14BrFN2O2. The van der Waals surface area contributed by atoms with Gasteiger partial charge in [-0.25, -0.2) is 4.39 Å².